The zero-order valence-corrected chi connectivity index (χ0v) is 13.1. The van der Waals surface area contributed by atoms with E-state index in [0.29, 0.717) is 6.54 Å². The van der Waals surface area contributed by atoms with Crippen molar-refractivity contribution in [1.82, 2.24) is 5.32 Å². The number of hydrogen-bond donors (Lipinski definition) is 2. The average Bonchev–Trinajstić information content (AvgIpc) is 2.87. The Kier molecular flexibility index (Phi) is 5.11. The molecule has 0 heterocycles. The minimum atomic E-state index is -0.433. The third kappa shape index (κ3) is 4.00. The highest BCUT2D eigenvalue weighted by atomic mass is 32.2. The molecule has 1 fully saturated rings. The van der Waals surface area contributed by atoms with Gasteiger partial charge in [-0.3, -0.25) is 4.79 Å². The average molecular weight is 292 g/mol. The maximum absolute atomic E-state index is 11.7. The van der Waals surface area contributed by atoms with Gasteiger partial charge in [-0.1, -0.05) is 30.5 Å². The van der Waals surface area contributed by atoms with E-state index in [1.54, 1.807) is 6.92 Å². The van der Waals surface area contributed by atoms with Crippen LogP contribution in [0.1, 0.15) is 38.2 Å². The Hall–Kier alpha value is -1.00. The van der Waals surface area contributed by atoms with Crippen LogP contribution in [0, 0.1) is 6.92 Å². The van der Waals surface area contributed by atoms with Crippen molar-refractivity contribution >= 4 is 17.7 Å². The van der Waals surface area contributed by atoms with Crippen molar-refractivity contribution in [3.8, 4) is 0 Å². The maximum atomic E-state index is 11.7. The molecule has 0 spiro atoms. The number of nitrogens with two attached hydrogens (primary N) is 1. The zero-order valence-electron chi connectivity index (χ0n) is 12.3. The number of benzene rings is 1. The molecule has 0 aromatic heterocycles. The third-order valence-corrected chi connectivity index (χ3v) is 5.36. The smallest absolute Gasteiger partial charge is 0.236 e. The first-order valence-electron chi connectivity index (χ1n) is 7.30. The van der Waals surface area contributed by atoms with E-state index >= 15 is 0 Å². The van der Waals surface area contributed by atoms with Gasteiger partial charge in [-0.15, -0.1) is 11.8 Å². The van der Waals surface area contributed by atoms with E-state index in [1.807, 2.05) is 11.8 Å². The van der Waals surface area contributed by atoms with Crippen molar-refractivity contribution in [3.05, 3.63) is 29.8 Å². The molecule has 1 aromatic carbocycles. The van der Waals surface area contributed by atoms with Gasteiger partial charge in [0.25, 0.3) is 0 Å². The fourth-order valence-corrected chi connectivity index (χ4v) is 4.01. The molecule has 0 aliphatic heterocycles. The van der Waals surface area contributed by atoms with Gasteiger partial charge in [-0.05, 0) is 38.8 Å². The van der Waals surface area contributed by atoms with Crippen LogP contribution in [0.15, 0.2) is 29.2 Å². The fraction of sp³-hybridized carbons (Fsp3) is 0.562. The summed E-state index contributed by atoms with van der Waals surface area (Å²) in [6, 6.07) is 8.20. The number of aryl methyl sites for hydroxylation is 1. The van der Waals surface area contributed by atoms with Crippen molar-refractivity contribution in [2.24, 2.45) is 5.73 Å². The lowest BCUT2D eigenvalue weighted by Crippen LogP contribution is -2.44. The Balaban J connectivity index is 2.02. The summed E-state index contributed by atoms with van der Waals surface area (Å²) >= 11 is 1.91. The second-order valence-corrected chi connectivity index (χ2v) is 7.35. The molecule has 1 aromatic rings. The molecule has 3 N–H and O–H groups in total. The van der Waals surface area contributed by atoms with Gasteiger partial charge in [-0.25, -0.2) is 0 Å². The van der Waals surface area contributed by atoms with Crippen LogP contribution in [0.3, 0.4) is 0 Å². The van der Waals surface area contributed by atoms with E-state index in [-0.39, 0.29) is 10.7 Å². The Morgan fingerprint density at radius 3 is 2.50 bits per heavy atom. The molecular formula is C16H24N2OS. The second-order valence-electron chi connectivity index (χ2n) is 5.81. The summed E-state index contributed by atoms with van der Waals surface area (Å²) < 4.78 is 0.139. The van der Waals surface area contributed by atoms with Crippen molar-refractivity contribution in [3.63, 3.8) is 0 Å². The standard InChI is InChI=1S/C16H24N2OS/c1-12-5-7-14(8-6-12)20-16(9-3-4-10-16)11-18-15(19)13(2)17/h5-8,13H,3-4,9-11,17H2,1-2H3,(H,18,19)/t13-/m0/s1. The monoisotopic (exact) mass is 292 g/mol. The molecule has 20 heavy (non-hydrogen) atoms. The lowest BCUT2D eigenvalue weighted by Gasteiger charge is -2.29. The maximum Gasteiger partial charge on any atom is 0.236 e. The normalized spacial score (nSPS) is 18.8. The SMILES string of the molecule is Cc1ccc(SC2(CNC(=O)[C@H](C)N)CCCC2)cc1. The summed E-state index contributed by atoms with van der Waals surface area (Å²) in [5.74, 6) is -0.0548. The molecule has 0 saturated heterocycles. The minimum Gasteiger partial charge on any atom is -0.353 e. The van der Waals surface area contributed by atoms with Crippen LogP contribution in [-0.2, 0) is 4.79 Å². The number of carbonyl (C=O) groups is 1. The van der Waals surface area contributed by atoms with E-state index in [9.17, 15) is 4.79 Å². The Morgan fingerprint density at radius 2 is 1.95 bits per heavy atom. The van der Waals surface area contributed by atoms with Crippen LogP contribution in [0.25, 0.3) is 0 Å². The van der Waals surface area contributed by atoms with Crippen LogP contribution < -0.4 is 11.1 Å². The first-order chi connectivity index (χ1) is 9.51. The van der Waals surface area contributed by atoms with Crippen molar-refractivity contribution in [2.75, 3.05) is 6.54 Å². The van der Waals surface area contributed by atoms with Crippen LogP contribution in [-0.4, -0.2) is 23.2 Å². The van der Waals surface area contributed by atoms with E-state index in [1.165, 1.54) is 23.3 Å². The molecule has 2 rings (SSSR count). The quantitative estimate of drug-likeness (QED) is 0.877. The molecule has 1 aliphatic rings. The highest BCUT2D eigenvalue weighted by Crippen LogP contribution is 2.44. The number of amides is 1. The molecule has 4 heteroatoms. The lowest BCUT2D eigenvalue weighted by molar-refractivity contribution is -0.122. The van der Waals surface area contributed by atoms with Crippen molar-refractivity contribution in [2.45, 2.75) is 55.2 Å². The highest BCUT2D eigenvalue weighted by Gasteiger charge is 2.35. The van der Waals surface area contributed by atoms with Crippen LogP contribution in [0.5, 0.6) is 0 Å². The van der Waals surface area contributed by atoms with Crippen molar-refractivity contribution < 1.29 is 4.79 Å². The largest absolute Gasteiger partial charge is 0.353 e. The molecule has 0 unspecified atom stereocenters. The molecule has 0 radical (unpaired) electrons. The fourth-order valence-electron chi connectivity index (χ4n) is 2.60. The van der Waals surface area contributed by atoms with Crippen molar-refractivity contribution in [1.29, 1.82) is 0 Å². The van der Waals surface area contributed by atoms with Gasteiger partial charge in [0.2, 0.25) is 5.91 Å². The summed E-state index contributed by atoms with van der Waals surface area (Å²) in [7, 11) is 0. The van der Waals surface area contributed by atoms with Gasteiger partial charge < -0.3 is 11.1 Å². The van der Waals surface area contributed by atoms with Gasteiger partial charge in [-0.2, -0.15) is 0 Å². The first kappa shape index (κ1) is 15.4. The third-order valence-electron chi connectivity index (χ3n) is 3.87. The number of rotatable bonds is 5. The van der Waals surface area contributed by atoms with E-state index in [4.69, 9.17) is 5.73 Å². The molecule has 1 aliphatic carbocycles. The molecule has 3 nitrogen and oxygen atoms in total. The van der Waals surface area contributed by atoms with Gasteiger partial charge in [0.05, 0.1) is 6.04 Å². The predicted molar refractivity (Wildman–Crippen MR) is 84.9 cm³/mol. The summed E-state index contributed by atoms with van der Waals surface area (Å²) in [6.07, 6.45) is 4.80. The highest BCUT2D eigenvalue weighted by molar-refractivity contribution is 8.00. The van der Waals surface area contributed by atoms with E-state index < -0.39 is 6.04 Å². The Morgan fingerprint density at radius 1 is 1.35 bits per heavy atom. The molecule has 110 valence electrons. The number of thioether (sulfide) groups is 1. The predicted octanol–water partition coefficient (Wildman–Crippen LogP) is 2.86. The zero-order chi connectivity index (χ0) is 14.6. The van der Waals surface area contributed by atoms with Gasteiger partial charge in [0.1, 0.15) is 0 Å². The van der Waals surface area contributed by atoms with Gasteiger partial charge in [0, 0.05) is 16.2 Å². The molecule has 1 atom stereocenters. The summed E-state index contributed by atoms with van der Waals surface area (Å²) in [5, 5.41) is 3.01. The van der Waals surface area contributed by atoms with Crippen LogP contribution in [0.4, 0.5) is 0 Å². The molecule has 1 saturated carbocycles. The lowest BCUT2D eigenvalue weighted by atomic mass is 10.1. The summed E-state index contributed by atoms with van der Waals surface area (Å²) in [4.78, 5) is 13.0. The van der Waals surface area contributed by atoms with Crippen LogP contribution in [0.2, 0.25) is 0 Å². The topological polar surface area (TPSA) is 55.1 Å². The summed E-state index contributed by atoms with van der Waals surface area (Å²) in [5.41, 5.74) is 6.89. The molecule has 1 amide bonds. The van der Waals surface area contributed by atoms with Gasteiger partial charge >= 0.3 is 0 Å². The molecular weight excluding hydrogens is 268 g/mol. The second kappa shape index (κ2) is 6.64. The minimum absolute atomic E-state index is 0.0548. The molecule has 0 bridgehead atoms. The summed E-state index contributed by atoms with van der Waals surface area (Å²) in [6.45, 7) is 4.54. The Bertz CT molecular complexity index is 450. The number of nitrogens with one attached hydrogen (secondary N) is 1. The first-order valence-corrected chi connectivity index (χ1v) is 8.11. The van der Waals surface area contributed by atoms with E-state index in [0.717, 1.165) is 12.8 Å². The van der Waals surface area contributed by atoms with E-state index in [2.05, 4.69) is 36.5 Å². The number of carbonyl (C=O) groups excluding carboxylic acids is 1. The van der Waals surface area contributed by atoms with Crippen LogP contribution >= 0.6 is 11.8 Å². The Labute approximate surface area is 125 Å². The van der Waals surface area contributed by atoms with Gasteiger partial charge in [0.15, 0.2) is 0 Å². The number of hydrogen-bond acceptors (Lipinski definition) is 3.